The molecular formula is C11H17F3N4. The van der Waals surface area contributed by atoms with Crippen molar-refractivity contribution in [3.63, 3.8) is 0 Å². The average molecular weight is 262 g/mol. The maximum absolute atomic E-state index is 12.6. The Morgan fingerprint density at radius 1 is 1.28 bits per heavy atom. The number of rotatable bonds is 5. The number of halogens is 3. The standard InChI is InChI=1S/C11H17F3N4/c1-3-18(4-2)6-5-9-16-7-8(15)10(17-9)11(12,13)14/h7H,3-6,15H2,1-2H3. The predicted octanol–water partition coefficient (Wildman–Crippen LogP) is 1.96. The van der Waals surface area contributed by atoms with Crippen molar-refractivity contribution < 1.29 is 13.2 Å². The Kier molecular flexibility index (Phi) is 4.89. The highest BCUT2D eigenvalue weighted by Gasteiger charge is 2.35. The molecule has 0 spiro atoms. The van der Waals surface area contributed by atoms with Crippen molar-refractivity contribution in [3.8, 4) is 0 Å². The highest BCUT2D eigenvalue weighted by atomic mass is 19.4. The summed E-state index contributed by atoms with van der Waals surface area (Å²) in [6.45, 7) is 6.31. The van der Waals surface area contributed by atoms with Gasteiger partial charge in [-0.25, -0.2) is 9.97 Å². The third-order valence-electron chi connectivity index (χ3n) is 2.68. The van der Waals surface area contributed by atoms with E-state index in [4.69, 9.17) is 5.73 Å². The Morgan fingerprint density at radius 3 is 2.39 bits per heavy atom. The number of likely N-dealkylation sites (N-methyl/N-ethyl adjacent to an activating group) is 1. The molecule has 0 amide bonds. The highest BCUT2D eigenvalue weighted by molar-refractivity contribution is 5.41. The van der Waals surface area contributed by atoms with Crippen LogP contribution in [0.5, 0.6) is 0 Å². The molecule has 0 saturated heterocycles. The zero-order valence-electron chi connectivity index (χ0n) is 10.5. The summed E-state index contributed by atoms with van der Waals surface area (Å²) in [7, 11) is 0. The van der Waals surface area contributed by atoms with Crippen molar-refractivity contribution >= 4 is 5.69 Å². The molecule has 0 bridgehead atoms. The van der Waals surface area contributed by atoms with Crippen molar-refractivity contribution in [2.24, 2.45) is 0 Å². The quantitative estimate of drug-likeness (QED) is 0.881. The first-order valence-corrected chi connectivity index (χ1v) is 5.79. The van der Waals surface area contributed by atoms with Gasteiger partial charge in [-0.2, -0.15) is 13.2 Å². The van der Waals surface area contributed by atoms with Gasteiger partial charge in [0.1, 0.15) is 5.82 Å². The molecule has 0 atom stereocenters. The first-order chi connectivity index (χ1) is 8.38. The molecule has 0 radical (unpaired) electrons. The lowest BCUT2D eigenvalue weighted by molar-refractivity contribution is -0.140. The summed E-state index contributed by atoms with van der Waals surface area (Å²) in [6.07, 6.45) is -3.13. The fourth-order valence-corrected chi connectivity index (χ4v) is 1.57. The van der Waals surface area contributed by atoms with E-state index in [0.29, 0.717) is 13.0 Å². The van der Waals surface area contributed by atoms with Crippen molar-refractivity contribution in [3.05, 3.63) is 17.7 Å². The minimum absolute atomic E-state index is 0.170. The molecule has 1 rings (SSSR count). The van der Waals surface area contributed by atoms with E-state index in [1.54, 1.807) is 0 Å². The maximum Gasteiger partial charge on any atom is 0.435 e. The van der Waals surface area contributed by atoms with Crippen molar-refractivity contribution in [2.45, 2.75) is 26.4 Å². The van der Waals surface area contributed by atoms with Crippen LogP contribution in [0.3, 0.4) is 0 Å². The van der Waals surface area contributed by atoms with Gasteiger partial charge in [-0.1, -0.05) is 13.8 Å². The Labute approximate surface area is 104 Å². The molecule has 0 aliphatic carbocycles. The lowest BCUT2D eigenvalue weighted by Gasteiger charge is -2.17. The third kappa shape index (κ3) is 3.83. The zero-order chi connectivity index (χ0) is 13.8. The van der Waals surface area contributed by atoms with E-state index >= 15 is 0 Å². The second-order valence-corrected chi connectivity index (χ2v) is 3.86. The third-order valence-corrected chi connectivity index (χ3v) is 2.68. The van der Waals surface area contributed by atoms with Crippen LogP contribution in [-0.2, 0) is 12.6 Å². The zero-order valence-corrected chi connectivity index (χ0v) is 10.5. The van der Waals surface area contributed by atoms with E-state index in [2.05, 4.69) is 14.9 Å². The second-order valence-electron chi connectivity index (χ2n) is 3.86. The SMILES string of the molecule is CCN(CC)CCc1ncc(N)c(C(F)(F)F)n1. The first kappa shape index (κ1) is 14.7. The molecule has 7 heteroatoms. The van der Waals surface area contributed by atoms with Crippen LogP contribution in [0.15, 0.2) is 6.20 Å². The molecule has 0 aromatic carbocycles. The summed E-state index contributed by atoms with van der Waals surface area (Å²) in [5.41, 5.74) is 3.74. The summed E-state index contributed by atoms with van der Waals surface area (Å²) in [5, 5.41) is 0. The molecule has 2 N–H and O–H groups in total. The van der Waals surface area contributed by atoms with Gasteiger partial charge in [-0.15, -0.1) is 0 Å². The largest absolute Gasteiger partial charge is 0.435 e. The summed E-state index contributed by atoms with van der Waals surface area (Å²) < 4.78 is 37.7. The molecule has 1 aromatic rings. The molecule has 0 aliphatic heterocycles. The van der Waals surface area contributed by atoms with Gasteiger partial charge < -0.3 is 10.6 Å². The van der Waals surface area contributed by atoms with E-state index < -0.39 is 17.6 Å². The number of alkyl halides is 3. The Balaban J connectivity index is 2.80. The van der Waals surface area contributed by atoms with Gasteiger partial charge in [0.15, 0.2) is 5.69 Å². The number of nitrogens with two attached hydrogens (primary N) is 1. The summed E-state index contributed by atoms with van der Waals surface area (Å²) in [5.74, 6) is 0.170. The molecular weight excluding hydrogens is 245 g/mol. The fraction of sp³-hybridized carbons (Fsp3) is 0.636. The minimum atomic E-state index is -4.53. The van der Waals surface area contributed by atoms with Gasteiger partial charge in [0, 0.05) is 13.0 Å². The smallest absolute Gasteiger partial charge is 0.396 e. The molecule has 1 aromatic heterocycles. The summed E-state index contributed by atoms with van der Waals surface area (Å²) in [6, 6.07) is 0. The van der Waals surface area contributed by atoms with Gasteiger partial charge in [-0.3, -0.25) is 0 Å². The predicted molar refractivity (Wildman–Crippen MR) is 62.9 cm³/mol. The minimum Gasteiger partial charge on any atom is -0.396 e. The van der Waals surface area contributed by atoms with Crippen LogP contribution >= 0.6 is 0 Å². The Hall–Kier alpha value is -1.37. The van der Waals surface area contributed by atoms with Crippen LogP contribution < -0.4 is 5.73 Å². The van der Waals surface area contributed by atoms with E-state index in [9.17, 15) is 13.2 Å². The molecule has 1 heterocycles. The molecule has 0 aliphatic rings. The number of hydrogen-bond acceptors (Lipinski definition) is 4. The highest BCUT2D eigenvalue weighted by Crippen LogP contribution is 2.31. The number of hydrogen-bond donors (Lipinski definition) is 1. The van der Waals surface area contributed by atoms with Crippen LogP contribution in [-0.4, -0.2) is 34.5 Å². The van der Waals surface area contributed by atoms with Gasteiger partial charge in [0.25, 0.3) is 0 Å². The molecule has 102 valence electrons. The number of anilines is 1. The Bertz CT molecular complexity index is 388. The lowest BCUT2D eigenvalue weighted by atomic mass is 10.3. The van der Waals surface area contributed by atoms with E-state index in [1.165, 1.54) is 0 Å². The first-order valence-electron chi connectivity index (χ1n) is 5.79. The van der Waals surface area contributed by atoms with Crippen molar-refractivity contribution in [1.29, 1.82) is 0 Å². The number of aromatic nitrogens is 2. The number of nitrogen functional groups attached to an aromatic ring is 1. The van der Waals surface area contributed by atoms with Gasteiger partial charge in [0.05, 0.1) is 11.9 Å². The van der Waals surface area contributed by atoms with Crippen LogP contribution in [0.1, 0.15) is 25.4 Å². The molecule has 0 fully saturated rings. The maximum atomic E-state index is 12.6. The topological polar surface area (TPSA) is 55.0 Å². The summed E-state index contributed by atoms with van der Waals surface area (Å²) in [4.78, 5) is 9.42. The van der Waals surface area contributed by atoms with Crippen LogP contribution in [0, 0.1) is 0 Å². The average Bonchev–Trinajstić information content (AvgIpc) is 2.31. The van der Waals surface area contributed by atoms with Crippen molar-refractivity contribution in [2.75, 3.05) is 25.4 Å². The van der Waals surface area contributed by atoms with Gasteiger partial charge in [-0.05, 0) is 13.1 Å². The van der Waals surface area contributed by atoms with E-state index in [1.807, 2.05) is 13.8 Å². The Morgan fingerprint density at radius 2 is 1.89 bits per heavy atom. The molecule has 4 nitrogen and oxygen atoms in total. The molecule has 0 saturated carbocycles. The van der Waals surface area contributed by atoms with E-state index in [-0.39, 0.29) is 5.82 Å². The van der Waals surface area contributed by atoms with E-state index in [0.717, 1.165) is 19.3 Å². The fourth-order valence-electron chi connectivity index (χ4n) is 1.57. The van der Waals surface area contributed by atoms with Crippen LogP contribution in [0.25, 0.3) is 0 Å². The second kappa shape index (κ2) is 5.99. The monoisotopic (exact) mass is 262 g/mol. The summed E-state index contributed by atoms with van der Waals surface area (Å²) >= 11 is 0. The van der Waals surface area contributed by atoms with Crippen molar-refractivity contribution in [1.82, 2.24) is 14.9 Å². The van der Waals surface area contributed by atoms with Crippen LogP contribution in [0.2, 0.25) is 0 Å². The van der Waals surface area contributed by atoms with Gasteiger partial charge >= 0.3 is 6.18 Å². The van der Waals surface area contributed by atoms with Gasteiger partial charge in [0.2, 0.25) is 0 Å². The number of nitrogens with zero attached hydrogens (tertiary/aromatic N) is 3. The lowest BCUT2D eigenvalue weighted by Crippen LogP contribution is -2.26. The molecule has 0 unspecified atom stereocenters. The molecule has 18 heavy (non-hydrogen) atoms. The van der Waals surface area contributed by atoms with Crippen LogP contribution in [0.4, 0.5) is 18.9 Å². The normalized spacial score (nSPS) is 12.1.